The molecular weight excluding hydrogens is 238 g/mol. The first-order valence-electron chi connectivity index (χ1n) is 6.98. The van der Waals surface area contributed by atoms with Gasteiger partial charge in [0.1, 0.15) is 6.07 Å². The van der Waals surface area contributed by atoms with Crippen molar-refractivity contribution >= 4 is 11.4 Å². The lowest BCUT2D eigenvalue weighted by atomic mass is 9.89. The van der Waals surface area contributed by atoms with Crippen molar-refractivity contribution < 1.29 is 4.74 Å². The fourth-order valence-electron chi connectivity index (χ4n) is 3.30. The van der Waals surface area contributed by atoms with E-state index in [1.807, 2.05) is 12.1 Å². The number of benzene rings is 1. The van der Waals surface area contributed by atoms with Gasteiger partial charge in [0.2, 0.25) is 0 Å². The van der Waals surface area contributed by atoms with Crippen LogP contribution in [0.1, 0.15) is 31.2 Å². The maximum Gasteiger partial charge on any atom is 0.101 e. The standard InChI is InChI=1S/C15H19N3O/c16-10-11-4-3-6-13(15(11)17)18-8-9-19-14-7-2-1-5-12(14)18/h3-4,6,12,14H,1-2,5,7-9,17H2. The van der Waals surface area contributed by atoms with Gasteiger partial charge in [-0.15, -0.1) is 0 Å². The summed E-state index contributed by atoms with van der Waals surface area (Å²) in [6, 6.07) is 8.29. The van der Waals surface area contributed by atoms with Gasteiger partial charge in [-0.1, -0.05) is 18.9 Å². The molecule has 2 atom stereocenters. The lowest BCUT2D eigenvalue weighted by Gasteiger charge is -2.45. The van der Waals surface area contributed by atoms with Crippen LogP contribution in [0.4, 0.5) is 11.4 Å². The lowest BCUT2D eigenvalue weighted by molar-refractivity contribution is -0.00862. The number of nitriles is 1. The summed E-state index contributed by atoms with van der Waals surface area (Å²) in [5.74, 6) is 0. The first kappa shape index (κ1) is 12.3. The summed E-state index contributed by atoms with van der Waals surface area (Å²) in [6.45, 7) is 1.61. The van der Waals surface area contributed by atoms with Crippen LogP contribution in [0.5, 0.6) is 0 Å². The summed E-state index contributed by atoms with van der Waals surface area (Å²) < 4.78 is 5.88. The molecule has 1 saturated carbocycles. The zero-order valence-electron chi connectivity index (χ0n) is 11.0. The quantitative estimate of drug-likeness (QED) is 0.784. The molecule has 4 heteroatoms. The number of morpholine rings is 1. The number of para-hydroxylation sites is 1. The zero-order chi connectivity index (χ0) is 13.2. The number of nitrogen functional groups attached to an aromatic ring is 1. The van der Waals surface area contributed by atoms with Crippen LogP contribution >= 0.6 is 0 Å². The van der Waals surface area contributed by atoms with Crippen molar-refractivity contribution in [3.8, 4) is 6.07 Å². The maximum atomic E-state index is 9.10. The monoisotopic (exact) mass is 257 g/mol. The van der Waals surface area contributed by atoms with Crippen molar-refractivity contribution in [2.45, 2.75) is 37.8 Å². The van der Waals surface area contributed by atoms with E-state index in [1.165, 1.54) is 12.8 Å². The Labute approximate surface area is 113 Å². The molecule has 1 aliphatic carbocycles. The molecule has 0 amide bonds. The van der Waals surface area contributed by atoms with E-state index in [-0.39, 0.29) is 0 Å². The van der Waals surface area contributed by atoms with E-state index >= 15 is 0 Å². The molecule has 0 radical (unpaired) electrons. The molecule has 2 fully saturated rings. The number of ether oxygens (including phenoxy) is 1. The van der Waals surface area contributed by atoms with E-state index in [0.29, 0.717) is 23.4 Å². The number of anilines is 2. The summed E-state index contributed by atoms with van der Waals surface area (Å²) in [5.41, 5.74) is 8.31. The maximum absolute atomic E-state index is 9.10. The minimum atomic E-state index is 0.327. The van der Waals surface area contributed by atoms with Crippen LogP contribution in [0.25, 0.3) is 0 Å². The van der Waals surface area contributed by atoms with E-state index in [9.17, 15) is 0 Å². The summed E-state index contributed by atoms with van der Waals surface area (Å²) in [4.78, 5) is 2.35. The lowest BCUT2D eigenvalue weighted by Crippen LogP contribution is -2.53. The number of nitrogens with zero attached hydrogens (tertiary/aromatic N) is 2. The van der Waals surface area contributed by atoms with Gasteiger partial charge in [0, 0.05) is 6.54 Å². The Hall–Kier alpha value is -1.73. The summed E-state index contributed by atoms with van der Waals surface area (Å²) in [6.07, 6.45) is 5.12. The average molecular weight is 257 g/mol. The number of rotatable bonds is 1. The number of nitrogens with two attached hydrogens (primary N) is 1. The smallest absolute Gasteiger partial charge is 0.101 e. The van der Waals surface area contributed by atoms with Gasteiger partial charge in [0.15, 0.2) is 0 Å². The van der Waals surface area contributed by atoms with Crippen molar-refractivity contribution in [1.82, 2.24) is 0 Å². The third-order valence-electron chi connectivity index (χ3n) is 4.25. The van der Waals surface area contributed by atoms with E-state index in [0.717, 1.165) is 31.7 Å². The molecule has 0 aromatic heterocycles. The molecule has 100 valence electrons. The van der Waals surface area contributed by atoms with Gasteiger partial charge in [-0.2, -0.15) is 5.26 Å². The molecule has 0 spiro atoms. The SMILES string of the molecule is N#Cc1cccc(N2CCOC3CCCCC32)c1N. The Bertz CT molecular complexity index is 507. The Balaban J connectivity index is 1.94. The minimum absolute atomic E-state index is 0.327. The Kier molecular flexibility index (Phi) is 3.31. The van der Waals surface area contributed by atoms with Gasteiger partial charge >= 0.3 is 0 Å². The first-order chi connectivity index (χ1) is 9.31. The van der Waals surface area contributed by atoms with Gasteiger partial charge in [-0.25, -0.2) is 0 Å². The van der Waals surface area contributed by atoms with Gasteiger partial charge < -0.3 is 15.4 Å². The highest BCUT2D eigenvalue weighted by Crippen LogP contribution is 2.35. The van der Waals surface area contributed by atoms with Gasteiger partial charge in [-0.05, 0) is 25.0 Å². The zero-order valence-corrected chi connectivity index (χ0v) is 11.0. The van der Waals surface area contributed by atoms with Crippen LogP contribution in [-0.2, 0) is 4.74 Å². The highest BCUT2D eigenvalue weighted by atomic mass is 16.5. The fourth-order valence-corrected chi connectivity index (χ4v) is 3.30. The van der Waals surface area contributed by atoms with Gasteiger partial charge in [0.25, 0.3) is 0 Å². The van der Waals surface area contributed by atoms with Crippen LogP contribution in [0.15, 0.2) is 18.2 Å². The summed E-state index contributed by atoms with van der Waals surface area (Å²) >= 11 is 0. The molecule has 4 nitrogen and oxygen atoms in total. The second-order valence-electron chi connectivity index (χ2n) is 5.30. The summed E-state index contributed by atoms with van der Waals surface area (Å²) in [7, 11) is 0. The van der Waals surface area contributed by atoms with E-state index in [2.05, 4.69) is 11.0 Å². The molecule has 2 N–H and O–H groups in total. The highest BCUT2D eigenvalue weighted by Gasteiger charge is 2.35. The van der Waals surface area contributed by atoms with Crippen LogP contribution in [0, 0.1) is 11.3 Å². The van der Waals surface area contributed by atoms with Gasteiger partial charge in [-0.3, -0.25) is 0 Å². The second kappa shape index (κ2) is 5.10. The van der Waals surface area contributed by atoms with Crippen LogP contribution in [0.2, 0.25) is 0 Å². The Morgan fingerprint density at radius 1 is 1.32 bits per heavy atom. The largest absolute Gasteiger partial charge is 0.396 e. The van der Waals surface area contributed by atoms with Crippen molar-refractivity contribution in [1.29, 1.82) is 5.26 Å². The van der Waals surface area contributed by atoms with Crippen LogP contribution < -0.4 is 10.6 Å². The molecule has 3 rings (SSSR count). The normalized spacial score (nSPS) is 26.6. The molecular formula is C15H19N3O. The predicted octanol–water partition coefficient (Wildman–Crippen LogP) is 2.29. The average Bonchev–Trinajstić information content (AvgIpc) is 2.47. The highest BCUT2D eigenvalue weighted by molar-refractivity contribution is 5.74. The molecule has 2 unspecified atom stereocenters. The molecule has 19 heavy (non-hydrogen) atoms. The molecule has 1 saturated heterocycles. The second-order valence-corrected chi connectivity index (χ2v) is 5.30. The third-order valence-corrected chi connectivity index (χ3v) is 4.25. The molecule has 2 aliphatic rings. The van der Waals surface area contributed by atoms with Crippen molar-refractivity contribution in [2.75, 3.05) is 23.8 Å². The minimum Gasteiger partial charge on any atom is -0.396 e. The van der Waals surface area contributed by atoms with Crippen molar-refractivity contribution in [3.05, 3.63) is 23.8 Å². The Morgan fingerprint density at radius 3 is 3.00 bits per heavy atom. The fraction of sp³-hybridized carbons (Fsp3) is 0.533. The van der Waals surface area contributed by atoms with Crippen molar-refractivity contribution in [2.24, 2.45) is 0 Å². The van der Waals surface area contributed by atoms with E-state index < -0.39 is 0 Å². The molecule has 0 bridgehead atoms. The third kappa shape index (κ3) is 2.15. The van der Waals surface area contributed by atoms with E-state index in [1.54, 1.807) is 6.07 Å². The summed E-state index contributed by atoms with van der Waals surface area (Å²) in [5, 5.41) is 9.10. The number of hydrogen-bond donors (Lipinski definition) is 1. The van der Waals surface area contributed by atoms with Crippen molar-refractivity contribution in [3.63, 3.8) is 0 Å². The molecule has 1 aromatic rings. The molecule has 1 aliphatic heterocycles. The Morgan fingerprint density at radius 2 is 2.16 bits per heavy atom. The van der Waals surface area contributed by atoms with Gasteiger partial charge in [0.05, 0.1) is 35.7 Å². The predicted molar refractivity (Wildman–Crippen MR) is 74.9 cm³/mol. The molecule has 1 aromatic carbocycles. The first-order valence-corrected chi connectivity index (χ1v) is 6.98. The topological polar surface area (TPSA) is 62.3 Å². The van der Waals surface area contributed by atoms with Crippen LogP contribution in [-0.4, -0.2) is 25.3 Å². The number of fused-ring (bicyclic) bond motifs is 1. The van der Waals surface area contributed by atoms with E-state index in [4.69, 9.17) is 15.7 Å². The number of hydrogen-bond acceptors (Lipinski definition) is 4. The molecule has 1 heterocycles. The van der Waals surface area contributed by atoms with Crippen LogP contribution in [0.3, 0.4) is 0 Å².